The summed E-state index contributed by atoms with van der Waals surface area (Å²) in [5, 5.41) is 13.0. The Morgan fingerprint density at radius 3 is 2.76 bits per heavy atom. The zero-order valence-corrected chi connectivity index (χ0v) is 16.5. The van der Waals surface area contributed by atoms with Gasteiger partial charge in [0, 0.05) is 37.4 Å². The van der Waals surface area contributed by atoms with Crippen molar-refractivity contribution in [2.75, 3.05) is 6.61 Å². The van der Waals surface area contributed by atoms with E-state index in [2.05, 4.69) is 58.2 Å². The molecule has 1 aliphatic heterocycles. The van der Waals surface area contributed by atoms with E-state index in [1.165, 1.54) is 16.3 Å². The van der Waals surface area contributed by atoms with Gasteiger partial charge in [-0.3, -0.25) is 4.68 Å². The Bertz CT molecular complexity index is 1030. The Morgan fingerprint density at radius 1 is 1.10 bits per heavy atom. The molecule has 0 bridgehead atoms. The molecule has 6 heteroatoms. The summed E-state index contributed by atoms with van der Waals surface area (Å²) in [6, 6.07) is 15.0. The van der Waals surface area contributed by atoms with Crippen LogP contribution in [0.25, 0.3) is 10.8 Å². The molecular formula is C23H26N4O2. The van der Waals surface area contributed by atoms with Crippen LogP contribution in [0.2, 0.25) is 0 Å². The predicted molar refractivity (Wildman–Crippen MR) is 112 cm³/mol. The van der Waals surface area contributed by atoms with Crippen molar-refractivity contribution in [3.8, 4) is 0 Å². The molecule has 2 fully saturated rings. The molecule has 0 radical (unpaired) electrons. The molecule has 1 aromatic heterocycles. The third-order valence-electron chi connectivity index (χ3n) is 6.00. The van der Waals surface area contributed by atoms with Crippen molar-refractivity contribution in [2.45, 2.75) is 43.4 Å². The Labute approximate surface area is 170 Å². The van der Waals surface area contributed by atoms with Gasteiger partial charge < -0.3 is 15.4 Å². The SMILES string of the molecule is Cn1cc([C@@H]2OCCC[C@H]2NC(=O)N[C@@H]2C[C@H]2c2ccc3ccccc3c2)cn1. The number of carbonyl (C=O) groups excluding carboxylic acids is 1. The number of hydrogen-bond donors (Lipinski definition) is 2. The number of ether oxygens (including phenoxy) is 1. The molecular weight excluding hydrogens is 364 g/mol. The number of carbonyl (C=O) groups is 1. The Balaban J connectivity index is 1.20. The van der Waals surface area contributed by atoms with Gasteiger partial charge in [0.15, 0.2) is 0 Å². The summed E-state index contributed by atoms with van der Waals surface area (Å²) < 4.78 is 7.71. The van der Waals surface area contributed by atoms with Crippen molar-refractivity contribution in [3.63, 3.8) is 0 Å². The lowest BCUT2D eigenvalue weighted by Crippen LogP contribution is -2.47. The maximum Gasteiger partial charge on any atom is 0.315 e. The second kappa shape index (κ2) is 7.52. The normalized spacial score (nSPS) is 26.2. The molecule has 1 saturated heterocycles. The monoisotopic (exact) mass is 390 g/mol. The molecule has 6 nitrogen and oxygen atoms in total. The average Bonchev–Trinajstić information content (AvgIpc) is 3.36. The molecule has 1 saturated carbocycles. The summed E-state index contributed by atoms with van der Waals surface area (Å²) in [4.78, 5) is 12.6. The van der Waals surface area contributed by atoms with E-state index in [1.54, 1.807) is 4.68 Å². The van der Waals surface area contributed by atoms with E-state index >= 15 is 0 Å². The molecule has 1 aliphatic carbocycles. The van der Waals surface area contributed by atoms with Gasteiger partial charge in [-0.1, -0.05) is 42.5 Å². The molecule has 29 heavy (non-hydrogen) atoms. The van der Waals surface area contributed by atoms with Crippen molar-refractivity contribution >= 4 is 16.8 Å². The van der Waals surface area contributed by atoms with Gasteiger partial charge in [0.25, 0.3) is 0 Å². The lowest BCUT2D eigenvalue weighted by atomic mass is 9.98. The van der Waals surface area contributed by atoms with Crippen molar-refractivity contribution in [1.82, 2.24) is 20.4 Å². The highest BCUT2D eigenvalue weighted by Crippen LogP contribution is 2.41. The molecule has 0 spiro atoms. The molecule has 3 aromatic rings. The number of nitrogens with zero attached hydrogens (tertiary/aromatic N) is 2. The van der Waals surface area contributed by atoms with Crippen LogP contribution in [0.15, 0.2) is 54.9 Å². The molecule has 2 aromatic carbocycles. The molecule has 0 unspecified atom stereocenters. The predicted octanol–water partition coefficient (Wildman–Crippen LogP) is 3.65. The van der Waals surface area contributed by atoms with Gasteiger partial charge in [-0.05, 0) is 35.6 Å². The number of nitrogens with one attached hydrogen (secondary N) is 2. The van der Waals surface area contributed by atoms with Gasteiger partial charge in [0.05, 0.1) is 12.2 Å². The highest BCUT2D eigenvalue weighted by molar-refractivity contribution is 5.83. The molecule has 2 N–H and O–H groups in total. The number of amides is 2. The van der Waals surface area contributed by atoms with Gasteiger partial charge in [0.2, 0.25) is 0 Å². The standard InChI is InChI=1S/C23H26N4O2/c1-27-14-18(13-24-27)22-20(7-4-10-29-22)25-23(28)26-21-12-19(21)17-9-8-15-5-2-3-6-16(15)11-17/h2-3,5-6,8-9,11,13-14,19-22H,4,7,10,12H2,1H3,(H2,25,26,28)/t19-,20+,21+,22-/m0/s1. The van der Waals surface area contributed by atoms with E-state index in [0.29, 0.717) is 12.5 Å². The molecule has 150 valence electrons. The second-order valence-electron chi connectivity index (χ2n) is 8.16. The lowest BCUT2D eigenvalue weighted by molar-refractivity contribution is -0.00747. The highest BCUT2D eigenvalue weighted by atomic mass is 16.5. The third kappa shape index (κ3) is 3.85. The van der Waals surface area contributed by atoms with Crippen LogP contribution in [0.5, 0.6) is 0 Å². The van der Waals surface area contributed by atoms with Crippen LogP contribution < -0.4 is 10.6 Å². The van der Waals surface area contributed by atoms with Crippen LogP contribution >= 0.6 is 0 Å². The lowest BCUT2D eigenvalue weighted by Gasteiger charge is -2.31. The van der Waals surface area contributed by atoms with Crippen LogP contribution in [0, 0.1) is 0 Å². The number of benzene rings is 2. The summed E-state index contributed by atoms with van der Waals surface area (Å²) >= 11 is 0. The maximum absolute atomic E-state index is 12.6. The van der Waals surface area contributed by atoms with Crippen molar-refractivity contribution in [2.24, 2.45) is 7.05 Å². The Morgan fingerprint density at radius 2 is 1.93 bits per heavy atom. The minimum Gasteiger partial charge on any atom is -0.371 e. The summed E-state index contributed by atoms with van der Waals surface area (Å²) in [5.41, 5.74) is 2.31. The minimum atomic E-state index is -0.140. The summed E-state index contributed by atoms with van der Waals surface area (Å²) in [7, 11) is 1.89. The smallest absolute Gasteiger partial charge is 0.315 e. The van der Waals surface area contributed by atoms with Gasteiger partial charge >= 0.3 is 6.03 Å². The largest absolute Gasteiger partial charge is 0.371 e. The third-order valence-corrected chi connectivity index (χ3v) is 6.00. The minimum absolute atomic E-state index is 0.0363. The van der Waals surface area contributed by atoms with Crippen LogP contribution in [0.1, 0.15) is 42.4 Å². The highest BCUT2D eigenvalue weighted by Gasteiger charge is 2.40. The number of aromatic nitrogens is 2. The van der Waals surface area contributed by atoms with Crippen LogP contribution in [-0.2, 0) is 11.8 Å². The van der Waals surface area contributed by atoms with Gasteiger partial charge in [-0.2, -0.15) is 5.10 Å². The molecule has 2 aliphatic rings. The number of fused-ring (bicyclic) bond motifs is 1. The van der Waals surface area contributed by atoms with E-state index in [9.17, 15) is 4.79 Å². The first-order valence-corrected chi connectivity index (χ1v) is 10.3. The van der Waals surface area contributed by atoms with Crippen LogP contribution in [0.4, 0.5) is 4.79 Å². The first-order valence-electron chi connectivity index (χ1n) is 10.3. The fourth-order valence-electron chi connectivity index (χ4n) is 4.38. The van der Waals surface area contributed by atoms with Crippen molar-refractivity contribution in [3.05, 3.63) is 66.0 Å². The van der Waals surface area contributed by atoms with E-state index in [0.717, 1.165) is 24.8 Å². The fraction of sp³-hybridized carbons (Fsp3) is 0.391. The van der Waals surface area contributed by atoms with Gasteiger partial charge in [-0.25, -0.2) is 4.79 Å². The second-order valence-corrected chi connectivity index (χ2v) is 8.16. The fourth-order valence-corrected chi connectivity index (χ4v) is 4.38. The van der Waals surface area contributed by atoms with Crippen molar-refractivity contribution in [1.29, 1.82) is 0 Å². The number of hydrogen-bond acceptors (Lipinski definition) is 3. The van der Waals surface area contributed by atoms with Crippen molar-refractivity contribution < 1.29 is 9.53 Å². The van der Waals surface area contributed by atoms with E-state index in [-0.39, 0.29) is 24.2 Å². The first-order chi connectivity index (χ1) is 14.2. The summed E-state index contributed by atoms with van der Waals surface area (Å²) in [5.74, 6) is 0.391. The van der Waals surface area contributed by atoms with Gasteiger partial charge in [0.1, 0.15) is 6.10 Å². The molecule has 2 amide bonds. The zero-order valence-electron chi connectivity index (χ0n) is 16.5. The van der Waals surface area contributed by atoms with Gasteiger partial charge in [-0.15, -0.1) is 0 Å². The summed E-state index contributed by atoms with van der Waals surface area (Å²) in [6.07, 6.45) is 6.48. The Kier molecular flexibility index (Phi) is 4.72. The van der Waals surface area contributed by atoms with Crippen LogP contribution in [-0.4, -0.2) is 34.5 Å². The molecule has 2 heterocycles. The van der Waals surface area contributed by atoms with Crippen LogP contribution in [0.3, 0.4) is 0 Å². The van der Waals surface area contributed by atoms with E-state index < -0.39 is 0 Å². The first kappa shape index (κ1) is 18.2. The Hall–Kier alpha value is -2.86. The number of aryl methyl sites for hydroxylation is 1. The quantitative estimate of drug-likeness (QED) is 0.715. The summed E-state index contributed by atoms with van der Waals surface area (Å²) in [6.45, 7) is 0.714. The van der Waals surface area contributed by atoms with E-state index in [1.807, 2.05) is 19.4 Å². The average molecular weight is 390 g/mol. The molecule has 4 atom stereocenters. The maximum atomic E-state index is 12.6. The number of urea groups is 1. The van der Waals surface area contributed by atoms with E-state index in [4.69, 9.17) is 4.74 Å². The topological polar surface area (TPSA) is 68.2 Å². The molecule has 5 rings (SSSR count). The number of rotatable bonds is 4. The zero-order chi connectivity index (χ0) is 19.8.